The molecule has 132 valence electrons. The molecule has 2 atom stereocenters. The molecule has 1 aromatic heterocycles. The van der Waals surface area contributed by atoms with Gasteiger partial charge in [-0.1, -0.05) is 50.1 Å². The lowest BCUT2D eigenvalue weighted by atomic mass is 9.55. The largest absolute Gasteiger partial charge is 0.391 e. The first-order chi connectivity index (χ1) is 11.8. The van der Waals surface area contributed by atoms with Gasteiger partial charge in [0.1, 0.15) is 0 Å². The second-order valence-corrected chi connectivity index (χ2v) is 8.29. The van der Waals surface area contributed by atoms with E-state index < -0.39 is 23.6 Å². The van der Waals surface area contributed by atoms with Crippen molar-refractivity contribution < 1.29 is 13.2 Å². The summed E-state index contributed by atoms with van der Waals surface area (Å²) in [6.45, 7) is 1.99. The first kappa shape index (κ1) is 16.8. The zero-order chi connectivity index (χ0) is 17.7. The molecule has 4 rings (SSSR count). The summed E-state index contributed by atoms with van der Waals surface area (Å²) < 4.78 is 40.7. The minimum Gasteiger partial charge on any atom is -0.275 e. The van der Waals surface area contributed by atoms with E-state index in [1.165, 1.54) is 11.3 Å². The molecule has 1 aliphatic carbocycles. The predicted molar refractivity (Wildman–Crippen MR) is 95.6 cm³/mol. The molecule has 5 heteroatoms. The molecule has 0 N–H and O–H groups in total. The van der Waals surface area contributed by atoms with Crippen LogP contribution in [0.2, 0.25) is 0 Å². The third-order valence-corrected chi connectivity index (χ3v) is 6.77. The molecule has 0 amide bonds. The summed E-state index contributed by atoms with van der Waals surface area (Å²) in [6.07, 6.45) is -2.08. The van der Waals surface area contributed by atoms with Gasteiger partial charge in [0.2, 0.25) is 0 Å². The number of hydrogen-bond acceptors (Lipinski definition) is 2. The molecule has 2 aliphatic rings. The number of alkyl halides is 3. The summed E-state index contributed by atoms with van der Waals surface area (Å²) in [5, 5.41) is 1.95. The molecule has 25 heavy (non-hydrogen) atoms. The van der Waals surface area contributed by atoms with Gasteiger partial charge in [0.15, 0.2) is 0 Å². The number of halogens is 3. The van der Waals surface area contributed by atoms with Crippen LogP contribution in [0.3, 0.4) is 0 Å². The van der Waals surface area contributed by atoms with Crippen LogP contribution in [0, 0.1) is 0 Å². The highest BCUT2D eigenvalue weighted by atomic mass is 32.1. The molecule has 0 radical (unpaired) electrons. The number of hydrogen-bond donors (Lipinski definition) is 0. The van der Waals surface area contributed by atoms with Crippen LogP contribution in [0.4, 0.5) is 13.2 Å². The fraction of sp³-hybridized carbons (Fsp3) is 0.450. The minimum absolute atomic E-state index is 0.492. The first-order valence-electron chi connectivity index (χ1n) is 8.65. The number of benzene rings is 1. The topological polar surface area (TPSA) is 12.4 Å². The van der Waals surface area contributed by atoms with Gasteiger partial charge >= 0.3 is 6.18 Å². The van der Waals surface area contributed by atoms with Gasteiger partial charge in [-0.2, -0.15) is 13.2 Å². The lowest BCUT2D eigenvalue weighted by Gasteiger charge is -2.53. The molecular formula is C20H20F3NS. The normalized spacial score (nSPS) is 28.9. The highest BCUT2D eigenvalue weighted by Crippen LogP contribution is 2.56. The summed E-state index contributed by atoms with van der Waals surface area (Å²) in [6, 6.07) is 11.8. The number of fused-ring (bicyclic) bond motifs is 3. The van der Waals surface area contributed by atoms with Crippen LogP contribution in [0.1, 0.15) is 55.0 Å². The van der Waals surface area contributed by atoms with Crippen LogP contribution in [0.25, 0.3) is 0 Å². The summed E-state index contributed by atoms with van der Waals surface area (Å²) in [7, 11) is 0. The molecule has 0 spiro atoms. The van der Waals surface area contributed by atoms with E-state index in [0.29, 0.717) is 6.42 Å². The zero-order valence-electron chi connectivity index (χ0n) is 14.1. The zero-order valence-corrected chi connectivity index (χ0v) is 14.9. The van der Waals surface area contributed by atoms with Crippen LogP contribution < -0.4 is 0 Å². The molecule has 1 saturated carbocycles. The standard InChI is InChI=1S/C20H20F3NS/c1-18-10-4-5-11-19(18,13-20(21,22)23)24-17(16-9-6-12-25-16)14-7-2-3-8-15(14)18/h2-3,6-9,12H,4-5,10-11,13H2,1H3. The maximum absolute atomic E-state index is 13.6. The lowest BCUT2D eigenvalue weighted by Crippen LogP contribution is -2.56. The lowest BCUT2D eigenvalue weighted by molar-refractivity contribution is -0.156. The van der Waals surface area contributed by atoms with Gasteiger partial charge < -0.3 is 0 Å². The monoisotopic (exact) mass is 363 g/mol. The predicted octanol–water partition coefficient (Wildman–Crippen LogP) is 6.12. The van der Waals surface area contributed by atoms with Gasteiger partial charge in [0.05, 0.1) is 22.5 Å². The Bertz CT molecular complexity index is 809. The highest BCUT2D eigenvalue weighted by molar-refractivity contribution is 7.12. The summed E-state index contributed by atoms with van der Waals surface area (Å²) >= 11 is 1.54. The molecule has 1 aliphatic heterocycles. The van der Waals surface area contributed by atoms with Crippen LogP contribution in [0.5, 0.6) is 0 Å². The van der Waals surface area contributed by atoms with Gasteiger partial charge in [-0.25, -0.2) is 0 Å². The quantitative estimate of drug-likeness (QED) is 0.609. The Morgan fingerprint density at radius 3 is 2.56 bits per heavy atom. The van der Waals surface area contributed by atoms with E-state index in [1.807, 2.05) is 48.7 Å². The van der Waals surface area contributed by atoms with Crippen LogP contribution >= 0.6 is 11.3 Å². The van der Waals surface area contributed by atoms with Crippen molar-refractivity contribution in [1.29, 1.82) is 0 Å². The van der Waals surface area contributed by atoms with Crippen molar-refractivity contribution in [2.24, 2.45) is 4.99 Å². The Morgan fingerprint density at radius 2 is 1.84 bits per heavy atom. The fourth-order valence-corrected chi connectivity index (χ4v) is 5.40. The Balaban J connectivity index is 1.98. The van der Waals surface area contributed by atoms with Gasteiger partial charge in [0.25, 0.3) is 0 Å². The molecule has 0 bridgehead atoms. The Hall–Kier alpha value is -1.62. The van der Waals surface area contributed by atoms with E-state index in [1.54, 1.807) is 0 Å². The Labute approximate surface area is 149 Å². The molecule has 2 unspecified atom stereocenters. The summed E-state index contributed by atoms with van der Waals surface area (Å²) in [4.78, 5) is 5.83. The van der Waals surface area contributed by atoms with E-state index in [-0.39, 0.29) is 0 Å². The average molecular weight is 363 g/mol. The van der Waals surface area contributed by atoms with Gasteiger partial charge in [-0.3, -0.25) is 4.99 Å². The second kappa shape index (κ2) is 5.70. The Kier molecular flexibility index (Phi) is 3.83. The highest BCUT2D eigenvalue weighted by Gasteiger charge is 2.58. The van der Waals surface area contributed by atoms with Gasteiger partial charge in [0, 0.05) is 11.0 Å². The molecule has 1 nitrogen and oxygen atoms in total. The van der Waals surface area contributed by atoms with E-state index in [2.05, 4.69) is 0 Å². The van der Waals surface area contributed by atoms with Crippen LogP contribution in [0.15, 0.2) is 46.8 Å². The van der Waals surface area contributed by atoms with E-state index in [4.69, 9.17) is 4.99 Å². The van der Waals surface area contributed by atoms with Crippen molar-refractivity contribution in [2.75, 3.05) is 0 Å². The van der Waals surface area contributed by atoms with Gasteiger partial charge in [-0.05, 0) is 29.9 Å². The third-order valence-electron chi connectivity index (χ3n) is 5.89. The minimum atomic E-state index is -4.23. The van der Waals surface area contributed by atoms with Gasteiger partial charge in [-0.15, -0.1) is 11.3 Å². The van der Waals surface area contributed by atoms with Crippen LogP contribution in [-0.2, 0) is 5.41 Å². The summed E-state index contributed by atoms with van der Waals surface area (Å²) in [5.41, 5.74) is 1.08. The van der Waals surface area contributed by atoms with Crippen molar-refractivity contribution in [3.63, 3.8) is 0 Å². The molecule has 2 heterocycles. The maximum Gasteiger partial charge on any atom is 0.391 e. The molecule has 1 aromatic carbocycles. The molecule has 0 saturated heterocycles. The second-order valence-electron chi connectivity index (χ2n) is 7.35. The van der Waals surface area contributed by atoms with Crippen LogP contribution in [-0.4, -0.2) is 17.4 Å². The first-order valence-corrected chi connectivity index (χ1v) is 9.53. The third kappa shape index (κ3) is 2.64. The number of rotatable bonds is 2. The maximum atomic E-state index is 13.6. The number of aliphatic imine (C=N–C) groups is 1. The molecule has 2 aromatic rings. The van der Waals surface area contributed by atoms with E-state index in [0.717, 1.165) is 41.0 Å². The number of nitrogens with zero attached hydrogens (tertiary/aromatic N) is 1. The van der Waals surface area contributed by atoms with E-state index >= 15 is 0 Å². The fourth-order valence-electron chi connectivity index (χ4n) is 4.67. The SMILES string of the molecule is CC12CCCCC1(CC(F)(F)F)N=C(c1cccs1)c1ccccc12. The Morgan fingerprint density at radius 1 is 1.08 bits per heavy atom. The average Bonchev–Trinajstić information content (AvgIpc) is 3.08. The van der Waals surface area contributed by atoms with Crippen molar-refractivity contribution in [3.05, 3.63) is 57.8 Å². The van der Waals surface area contributed by atoms with Crippen molar-refractivity contribution in [1.82, 2.24) is 0 Å². The smallest absolute Gasteiger partial charge is 0.275 e. The summed E-state index contributed by atoms with van der Waals surface area (Å²) in [5.74, 6) is 0. The number of thiophene rings is 1. The van der Waals surface area contributed by atoms with Crippen molar-refractivity contribution in [2.45, 2.75) is 56.2 Å². The van der Waals surface area contributed by atoms with Crippen molar-refractivity contribution in [3.8, 4) is 0 Å². The van der Waals surface area contributed by atoms with E-state index in [9.17, 15) is 13.2 Å². The molecular weight excluding hydrogens is 343 g/mol. The molecule has 1 fully saturated rings. The van der Waals surface area contributed by atoms with Crippen molar-refractivity contribution >= 4 is 17.0 Å².